The molecule has 0 unspecified atom stereocenters. The standard InChI is InChI=1S/C12H14F3N5S/c1-2-3-4-17-11-19-5-7(9(16)20-11)10-18-6-8(21-10)12(13,14)15/h5-6H,2-4H2,1H3,(H3,16,17,19,20). The molecule has 0 bridgehead atoms. The number of hydrogen-bond acceptors (Lipinski definition) is 6. The Morgan fingerprint density at radius 3 is 2.62 bits per heavy atom. The van der Waals surface area contributed by atoms with Crippen molar-refractivity contribution >= 4 is 23.1 Å². The van der Waals surface area contributed by atoms with Crippen LogP contribution in [-0.2, 0) is 6.18 Å². The van der Waals surface area contributed by atoms with Gasteiger partial charge in [0.25, 0.3) is 0 Å². The zero-order chi connectivity index (χ0) is 15.5. The van der Waals surface area contributed by atoms with Crippen LogP contribution in [0.25, 0.3) is 10.6 Å². The molecule has 0 fully saturated rings. The van der Waals surface area contributed by atoms with Gasteiger partial charge in [0.2, 0.25) is 5.95 Å². The third kappa shape index (κ3) is 3.81. The molecule has 0 aromatic carbocycles. The van der Waals surface area contributed by atoms with Gasteiger partial charge in [-0.3, -0.25) is 0 Å². The smallest absolute Gasteiger partial charge is 0.383 e. The molecule has 0 aliphatic carbocycles. The summed E-state index contributed by atoms with van der Waals surface area (Å²) in [6, 6.07) is 0. The second-order valence-corrected chi connectivity index (χ2v) is 5.33. The Morgan fingerprint density at radius 1 is 1.29 bits per heavy atom. The number of nitrogens with one attached hydrogen (secondary N) is 1. The molecule has 5 nitrogen and oxygen atoms in total. The number of rotatable bonds is 5. The summed E-state index contributed by atoms with van der Waals surface area (Å²) in [5.74, 6) is 0.462. The lowest BCUT2D eigenvalue weighted by atomic mass is 10.3. The van der Waals surface area contributed by atoms with Crippen molar-refractivity contribution < 1.29 is 13.2 Å². The van der Waals surface area contributed by atoms with Crippen LogP contribution in [0, 0.1) is 0 Å². The average Bonchev–Trinajstić information content (AvgIpc) is 2.88. The van der Waals surface area contributed by atoms with Gasteiger partial charge in [-0.25, -0.2) is 9.97 Å². The summed E-state index contributed by atoms with van der Waals surface area (Å²) < 4.78 is 37.7. The van der Waals surface area contributed by atoms with E-state index >= 15 is 0 Å². The third-order valence-electron chi connectivity index (χ3n) is 2.65. The van der Waals surface area contributed by atoms with E-state index in [2.05, 4.69) is 27.2 Å². The van der Waals surface area contributed by atoms with Crippen LogP contribution in [0.4, 0.5) is 24.9 Å². The zero-order valence-electron chi connectivity index (χ0n) is 11.2. The molecule has 9 heteroatoms. The van der Waals surface area contributed by atoms with Crippen molar-refractivity contribution in [3.63, 3.8) is 0 Å². The van der Waals surface area contributed by atoms with E-state index in [0.29, 0.717) is 29.4 Å². The normalized spacial score (nSPS) is 11.6. The highest BCUT2D eigenvalue weighted by Crippen LogP contribution is 2.37. The van der Waals surface area contributed by atoms with Gasteiger partial charge in [0.15, 0.2) is 0 Å². The number of nitrogen functional groups attached to an aromatic ring is 1. The van der Waals surface area contributed by atoms with Gasteiger partial charge in [-0.2, -0.15) is 18.2 Å². The summed E-state index contributed by atoms with van der Waals surface area (Å²) in [5, 5.41) is 3.15. The second-order valence-electron chi connectivity index (χ2n) is 4.30. The largest absolute Gasteiger partial charge is 0.427 e. The molecule has 0 saturated carbocycles. The minimum absolute atomic E-state index is 0.104. The fourth-order valence-electron chi connectivity index (χ4n) is 1.55. The molecule has 0 aliphatic heterocycles. The Kier molecular flexibility index (Phi) is 4.61. The summed E-state index contributed by atoms with van der Waals surface area (Å²) in [4.78, 5) is 11.0. The summed E-state index contributed by atoms with van der Waals surface area (Å²) in [7, 11) is 0. The Morgan fingerprint density at radius 2 is 2.05 bits per heavy atom. The molecule has 0 atom stereocenters. The van der Waals surface area contributed by atoms with Gasteiger partial charge < -0.3 is 11.1 Å². The van der Waals surface area contributed by atoms with Crippen LogP contribution in [-0.4, -0.2) is 21.5 Å². The van der Waals surface area contributed by atoms with Gasteiger partial charge in [-0.15, -0.1) is 11.3 Å². The van der Waals surface area contributed by atoms with E-state index in [9.17, 15) is 13.2 Å². The maximum atomic E-state index is 12.6. The highest BCUT2D eigenvalue weighted by atomic mass is 32.1. The van der Waals surface area contributed by atoms with Crippen molar-refractivity contribution in [2.24, 2.45) is 0 Å². The number of anilines is 2. The fraction of sp³-hybridized carbons (Fsp3) is 0.417. The van der Waals surface area contributed by atoms with Crippen LogP contribution in [0.1, 0.15) is 24.6 Å². The van der Waals surface area contributed by atoms with Crippen molar-refractivity contribution in [1.82, 2.24) is 15.0 Å². The first-order chi connectivity index (χ1) is 9.91. The zero-order valence-corrected chi connectivity index (χ0v) is 12.1. The van der Waals surface area contributed by atoms with Crippen LogP contribution < -0.4 is 11.1 Å². The van der Waals surface area contributed by atoms with Gasteiger partial charge in [0.1, 0.15) is 15.7 Å². The molecule has 0 radical (unpaired) electrons. The van der Waals surface area contributed by atoms with Gasteiger partial charge in [-0.05, 0) is 6.42 Å². The molecule has 21 heavy (non-hydrogen) atoms. The predicted octanol–water partition coefficient (Wildman–Crippen LogP) is 3.41. The third-order valence-corrected chi connectivity index (χ3v) is 3.72. The van der Waals surface area contributed by atoms with Crippen molar-refractivity contribution in [2.75, 3.05) is 17.6 Å². The number of halogens is 3. The first-order valence-electron chi connectivity index (χ1n) is 6.31. The minimum atomic E-state index is -4.41. The van der Waals surface area contributed by atoms with Crippen molar-refractivity contribution in [1.29, 1.82) is 0 Å². The number of unbranched alkanes of at least 4 members (excludes halogenated alkanes) is 1. The van der Waals surface area contributed by atoms with Crippen molar-refractivity contribution in [3.8, 4) is 10.6 Å². The molecular formula is C12H14F3N5S. The van der Waals surface area contributed by atoms with Gasteiger partial charge in [0, 0.05) is 12.7 Å². The Labute approximate surface area is 123 Å². The van der Waals surface area contributed by atoms with Crippen molar-refractivity contribution in [3.05, 3.63) is 17.3 Å². The molecule has 2 heterocycles. The Balaban J connectivity index is 2.19. The van der Waals surface area contributed by atoms with Crippen LogP contribution >= 0.6 is 11.3 Å². The number of thiazole rings is 1. The maximum absolute atomic E-state index is 12.6. The molecule has 2 aromatic heterocycles. The molecule has 0 saturated heterocycles. The summed E-state index contributed by atoms with van der Waals surface area (Å²) in [6.07, 6.45) is -0.248. The van der Waals surface area contributed by atoms with Gasteiger partial charge in [0.05, 0.1) is 11.8 Å². The molecule has 0 spiro atoms. The lowest BCUT2D eigenvalue weighted by Crippen LogP contribution is -2.07. The van der Waals surface area contributed by atoms with Gasteiger partial charge in [-0.1, -0.05) is 13.3 Å². The average molecular weight is 317 g/mol. The van der Waals surface area contributed by atoms with E-state index in [1.54, 1.807) is 0 Å². The van der Waals surface area contributed by atoms with E-state index in [-0.39, 0.29) is 10.8 Å². The summed E-state index contributed by atoms with van der Waals surface area (Å²) >= 11 is 0.518. The topological polar surface area (TPSA) is 76.7 Å². The highest BCUT2D eigenvalue weighted by Gasteiger charge is 2.33. The van der Waals surface area contributed by atoms with Crippen LogP contribution in [0.2, 0.25) is 0 Å². The van der Waals surface area contributed by atoms with Crippen molar-refractivity contribution in [2.45, 2.75) is 25.9 Å². The SMILES string of the molecule is CCCCNc1ncc(-c2ncc(C(F)(F)F)s2)c(N)n1. The Hall–Kier alpha value is -1.90. The number of hydrogen-bond donors (Lipinski definition) is 2. The van der Waals surface area contributed by atoms with Crippen LogP contribution in [0.15, 0.2) is 12.4 Å². The second kappa shape index (κ2) is 6.25. The van der Waals surface area contributed by atoms with Gasteiger partial charge >= 0.3 is 6.18 Å². The number of aromatic nitrogens is 3. The van der Waals surface area contributed by atoms with E-state index < -0.39 is 11.1 Å². The summed E-state index contributed by atoms with van der Waals surface area (Å²) in [5.41, 5.74) is 6.07. The molecule has 3 N–H and O–H groups in total. The quantitative estimate of drug-likeness (QED) is 0.826. The Bertz CT molecular complexity index is 611. The lowest BCUT2D eigenvalue weighted by Gasteiger charge is -2.06. The first kappa shape index (κ1) is 15.5. The van der Waals surface area contributed by atoms with E-state index in [0.717, 1.165) is 19.0 Å². The minimum Gasteiger partial charge on any atom is -0.383 e. The molecule has 114 valence electrons. The summed E-state index contributed by atoms with van der Waals surface area (Å²) in [6.45, 7) is 2.77. The first-order valence-corrected chi connectivity index (χ1v) is 7.13. The number of nitrogens with two attached hydrogens (primary N) is 1. The van der Waals surface area contributed by atoms with E-state index in [1.165, 1.54) is 6.20 Å². The predicted molar refractivity (Wildman–Crippen MR) is 76.0 cm³/mol. The molecule has 0 amide bonds. The fourth-order valence-corrected chi connectivity index (χ4v) is 2.35. The van der Waals surface area contributed by atoms with E-state index in [1.807, 2.05) is 0 Å². The maximum Gasteiger partial charge on any atom is 0.427 e. The molecule has 0 aliphatic rings. The number of nitrogens with zero attached hydrogens (tertiary/aromatic N) is 3. The number of alkyl halides is 3. The highest BCUT2D eigenvalue weighted by molar-refractivity contribution is 7.15. The van der Waals surface area contributed by atoms with Crippen LogP contribution in [0.3, 0.4) is 0 Å². The van der Waals surface area contributed by atoms with E-state index in [4.69, 9.17) is 5.73 Å². The lowest BCUT2D eigenvalue weighted by molar-refractivity contribution is -0.134. The molecule has 2 rings (SSSR count). The molecular weight excluding hydrogens is 303 g/mol. The monoisotopic (exact) mass is 317 g/mol. The van der Waals surface area contributed by atoms with Crippen LogP contribution in [0.5, 0.6) is 0 Å². The molecule has 2 aromatic rings.